The van der Waals surface area contributed by atoms with Crippen molar-refractivity contribution in [3.05, 3.63) is 77.9 Å². The van der Waals surface area contributed by atoms with Crippen LogP contribution in [-0.4, -0.2) is 18.2 Å². The molecule has 2 rings (SSSR count). The number of benzene rings is 2. The van der Waals surface area contributed by atoms with E-state index in [1.165, 1.54) is 13.0 Å². The summed E-state index contributed by atoms with van der Waals surface area (Å²) in [4.78, 5) is 23.9. The fourth-order valence-corrected chi connectivity index (χ4v) is 1.88. The molecule has 0 aromatic heterocycles. The van der Waals surface area contributed by atoms with Gasteiger partial charge in [-0.3, -0.25) is 9.59 Å². The standard InChI is InChI=1S/C18H16O3/c1-14(19)17(18(20)15-8-4-2-5-9-15)12-13-21-16-10-6-3-7-11-16/h2-12H,13H2,1H3/b17-12-. The molecule has 0 aliphatic rings. The van der Waals surface area contributed by atoms with Crippen molar-refractivity contribution in [1.29, 1.82) is 0 Å². The van der Waals surface area contributed by atoms with E-state index >= 15 is 0 Å². The van der Waals surface area contributed by atoms with E-state index in [4.69, 9.17) is 4.74 Å². The number of hydrogen-bond acceptors (Lipinski definition) is 3. The van der Waals surface area contributed by atoms with Crippen molar-refractivity contribution in [3.63, 3.8) is 0 Å². The predicted molar refractivity (Wildman–Crippen MR) is 81.5 cm³/mol. The molecule has 0 amide bonds. The first kappa shape index (κ1) is 14.7. The molecule has 0 fully saturated rings. The van der Waals surface area contributed by atoms with E-state index in [1.54, 1.807) is 24.3 Å². The van der Waals surface area contributed by atoms with Gasteiger partial charge in [0.05, 0.1) is 5.57 Å². The van der Waals surface area contributed by atoms with E-state index in [1.807, 2.05) is 36.4 Å². The molecule has 3 nitrogen and oxygen atoms in total. The lowest BCUT2D eigenvalue weighted by molar-refractivity contribution is -0.113. The molecule has 0 radical (unpaired) electrons. The second kappa shape index (κ2) is 7.20. The Kier molecular flexibility index (Phi) is 5.04. The predicted octanol–water partition coefficient (Wildman–Crippen LogP) is 3.46. The summed E-state index contributed by atoms with van der Waals surface area (Å²) in [7, 11) is 0. The number of Topliss-reactive ketones (excluding diaryl/α,β-unsaturated/α-hetero) is 2. The van der Waals surface area contributed by atoms with Gasteiger partial charge < -0.3 is 4.74 Å². The highest BCUT2D eigenvalue weighted by atomic mass is 16.5. The van der Waals surface area contributed by atoms with Crippen molar-refractivity contribution in [3.8, 4) is 5.75 Å². The van der Waals surface area contributed by atoms with Crippen molar-refractivity contribution >= 4 is 11.6 Å². The van der Waals surface area contributed by atoms with Crippen LogP contribution in [0.25, 0.3) is 0 Å². The van der Waals surface area contributed by atoms with Crippen LogP contribution < -0.4 is 4.74 Å². The van der Waals surface area contributed by atoms with Gasteiger partial charge in [-0.25, -0.2) is 0 Å². The van der Waals surface area contributed by atoms with Crippen LogP contribution in [0, 0.1) is 0 Å². The molecule has 0 heterocycles. The molecule has 21 heavy (non-hydrogen) atoms. The van der Waals surface area contributed by atoms with E-state index in [0.29, 0.717) is 11.3 Å². The lowest BCUT2D eigenvalue weighted by Gasteiger charge is -2.05. The van der Waals surface area contributed by atoms with Gasteiger partial charge in [0.25, 0.3) is 0 Å². The Labute approximate surface area is 123 Å². The number of rotatable bonds is 6. The monoisotopic (exact) mass is 280 g/mol. The van der Waals surface area contributed by atoms with E-state index in [0.717, 1.165) is 0 Å². The van der Waals surface area contributed by atoms with E-state index in [-0.39, 0.29) is 23.7 Å². The summed E-state index contributed by atoms with van der Waals surface area (Å²) >= 11 is 0. The van der Waals surface area contributed by atoms with Crippen LogP contribution in [0.15, 0.2) is 72.3 Å². The minimum absolute atomic E-state index is 0.150. The van der Waals surface area contributed by atoms with Crippen LogP contribution in [0.2, 0.25) is 0 Å². The topological polar surface area (TPSA) is 43.4 Å². The lowest BCUT2D eigenvalue weighted by Crippen LogP contribution is -2.12. The van der Waals surface area contributed by atoms with Gasteiger partial charge in [-0.15, -0.1) is 0 Å². The first-order valence-electron chi connectivity index (χ1n) is 6.67. The summed E-state index contributed by atoms with van der Waals surface area (Å²) in [6.45, 7) is 1.56. The number of ketones is 2. The van der Waals surface area contributed by atoms with Gasteiger partial charge in [-0.05, 0) is 25.1 Å². The minimum Gasteiger partial charge on any atom is -0.490 e. The third kappa shape index (κ3) is 4.14. The lowest BCUT2D eigenvalue weighted by atomic mass is 10.0. The molecule has 3 heteroatoms. The summed E-state index contributed by atoms with van der Waals surface area (Å²) in [5.41, 5.74) is 0.649. The second-order valence-corrected chi connectivity index (χ2v) is 4.49. The molecule has 0 aliphatic carbocycles. The van der Waals surface area contributed by atoms with Gasteiger partial charge in [0.2, 0.25) is 0 Å². The molecular formula is C18H16O3. The highest BCUT2D eigenvalue weighted by Gasteiger charge is 2.15. The summed E-state index contributed by atoms with van der Waals surface area (Å²) in [6, 6.07) is 18.0. The third-order valence-electron chi connectivity index (χ3n) is 2.94. The SMILES string of the molecule is CC(=O)/C(=C/COc1ccccc1)C(=O)c1ccccc1. The number of hydrogen-bond donors (Lipinski definition) is 0. The number of para-hydroxylation sites is 1. The van der Waals surface area contributed by atoms with Gasteiger partial charge in [0, 0.05) is 5.56 Å². The van der Waals surface area contributed by atoms with Crippen molar-refractivity contribution in [2.75, 3.05) is 6.61 Å². The van der Waals surface area contributed by atoms with Crippen LogP contribution >= 0.6 is 0 Å². The molecule has 0 saturated carbocycles. The first-order valence-corrected chi connectivity index (χ1v) is 6.67. The molecule has 0 unspecified atom stereocenters. The zero-order valence-electron chi connectivity index (χ0n) is 11.8. The average Bonchev–Trinajstić information content (AvgIpc) is 2.52. The van der Waals surface area contributed by atoms with Gasteiger partial charge in [-0.2, -0.15) is 0 Å². The summed E-state index contributed by atoms with van der Waals surface area (Å²) in [5, 5.41) is 0. The van der Waals surface area contributed by atoms with Crippen LogP contribution in [0.4, 0.5) is 0 Å². The Morgan fingerprint density at radius 1 is 0.952 bits per heavy atom. The van der Waals surface area contributed by atoms with E-state index in [2.05, 4.69) is 0 Å². The van der Waals surface area contributed by atoms with Crippen molar-refractivity contribution < 1.29 is 14.3 Å². The summed E-state index contributed by atoms with van der Waals surface area (Å²) in [5.74, 6) is 0.157. The Morgan fingerprint density at radius 3 is 2.10 bits per heavy atom. The summed E-state index contributed by atoms with van der Waals surface area (Å²) < 4.78 is 5.49. The number of ether oxygens (including phenoxy) is 1. The normalized spacial score (nSPS) is 11.0. The maximum absolute atomic E-state index is 12.3. The van der Waals surface area contributed by atoms with E-state index < -0.39 is 0 Å². The van der Waals surface area contributed by atoms with Gasteiger partial charge in [0.1, 0.15) is 12.4 Å². The zero-order chi connectivity index (χ0) is 15.1. The molecule has 0 bridgehead atoms. The molecule has 0 saturated heterocycles. The number of carbonyl (C=O) groups excluding carboxylic acids is 2. The van der Waals surface area contributed by atoms with Crippen molar-refractivity contribution in [1.82, 2.24) is 0 Å². The Balaban J connectivity index is 2.10. The minimum atomic E-state index is -0.278. The molecule has 2 aromatic carbocycles. The molecule has 0 aliphatic heterocycles. The van der Waals surface area contributed by atoms with Crippen LogP contribution in [0.1, 0.15) is 17.3 Å². The smallest absolute Gasteiger partial charge is 0.196 e. The Hall–Kier alpha value is -2.68. The zero-order valence-corrected chi connectivity index (χ0v) is 11.8. The largest absolute Gasteiger partial charge is 0.490 e. The molecule has 0 atom stereocenters. The van der Waals surface area contributed by atoms with Crippen molar-refractivity contribution in [2.45, 2.75) is 6.92 Å². The highest BCUT2D eigenvalue weighted by Crippen LogP contribution is 2.11. The second-order valence-electron chi connectivity index (χ2n) is 4.49. The van der Waals surface area contributed by atoms with Crippen LogP contribution in [0.5, 0.6) is 5.75 Å². The molecule has 0 spiro atoms. The van der Waals surface area contributed by atoms with Crippen LogP contribution in [-0.2, 0) is 4.79 Å². The molecular weight excluding hydrogens is 264 g/mol. The third-order valence-corrected chi connectivity index (χ3v) is 2.94. The molecule has 2 aromatic rings. The maximum atomic E-state index is 12.3. The van der Waals surface area contributed by atoms with Gasteiger partial charge in [-0.1, -0.05) is 48.5 Å². The molecule has 0 N–H and O–H groups in total. The fraction of sp³-hybridized carbons (Fsp3) is 0.111. The first-order chi connectivity index (χ1) is 10.2. The Bertz CT molecular complexity index is 643. The van der Waals surface area contributed by atoms with Gasteiger partial charge in [0.15, 0.2) is 11.6 Å². The number of allylic oxidation sites excluding steroid dienone is 1. The number of carbonyl (C=O) groups is 2. The van der Waals surface area contributed by atoms with Crippen molar-refractivity contribution in [2.24, 2.45) is 0 Å². The maximum Gasteiger partial charge on any atom is 0.196 e. The fourth-order valence-electron chi connectivity index (χ4n) is 1.88. The quantitative estimate of drug-likeness (QED) is 0.352. The van der Waals surface area contributed by atoms with Gasteiger partial charge >= 0.3 is 0 Å². The highest BCUT2D eigenvalue weighted by molar-refractivity contribution is 6.25. The van der Waals surface area contributed by atoms with Crippen LogP contribution in [0.3, 0.4) is 0 Å². The molecule has 106 valence electrons. The van der Waals surface area contributed by atoms with E-state index in [9.17, 15) is 9.59 Å². The summed E-state index contributed by atoms with van der Waals surface area (Å²) in [6.07, 6.45) is 1.53. The Morgan fingerprint density at radius 2 is 1.52 bits per heavy atom. The average molecular weight is 280 g/mol.